The lowest BCUT2D eigenvalue weighted by molar-refractivity contribution is -0.129. The quantitative estimate of drug-likeness (QED) is 0.448. The van der Waals surface area contributed by atoms with Crippen molar-refractivity contribution >= 4 is 11.8 Å². The Bertz CT molecular complexity index is 1280. The number of likely N-dealkylation sites (N-methyl/N-ethyl adjacent to an activating group) is 1. The third kappa shape index (κ3) is 5.41. The van der Waals surface area contributed by atoms with E-state index in [9.17, 15) is 9.59 Å². The predicted molar refractivity (Wildman–Crippen MR) is 134 cm³/mol. The summed E-state index contributed by atoms with van der Waals surface area (Å²) in [6, 6.07) is 25.4. The largest absolute Gasteiger partial charge is 0.343 e. The number of nitrogens with zero attached hydrogens (tertiary/aromatic N) is 3. The van der Waals surface area contributed by atoms with Crippen molar-refractivity contribution in [3.05, 3.63) is 107 Å². The van der Waals surface area contributed by atoms with E-state index in [4.69, 9.17) is 5.10 Å². The van der Waals surface area contributed by atoms with Gasteiger partial charge in [0, 0.05) is 36.5 Å². The maximum absolute atomic E-state index is 12.8. The van der Waals surface area contributed by atoms with Crippen LogP contribution in [0.25, 0.3) is 16.9 Å². The fourth-order valence-electron chi connectivity index (χ4n) is 3.92. The van der Waals surface area contributed by atoms with Crippen LogP contribution in [0.2, 0.25) is 0 Å². The van der Waals surface area contributed by atoms with Crippen molar-refractivity contribution in [3.63, 3.8) is 0 Å². The second-order valence-corrected chi connectivity index (χ2v) is 8.46. The molecule has 172 valence electrons. The van der Waals surface area contributed by atoms with Crippen molar-refractivity contribution in [1.82, 2.24) is 20.0 Å². The Kier molecular flexibility index (Phi) is 6.87. The Labute approximate surface area is 199 Å². The van der Waals surface area contributed by atoms with Crippen molar-refractivity contribution < 1.29 is 9.59 Å². The third-order valence-corrected chi connectivity index (χ3v) is 5.58. The van der Waals surface area contributed by atoms with Gasteiger partial charge in [-0.2, -0.15) is 5.10 Å². The molecule has 0 aliphatic heterocycles. The van der Waals surface area contributed by atoms with Crippen LogP contribution >= 0.6 is 0 Å². The van der Waals surface area contributed by atoms with Crippen LogP contribution in [-0.2, 0) is 11.3 Å². The van der Waals surface area contributed by atoms with Crippen molar-refractivity contribution in [3.8, 4) is 16.9 Å². The molecule has 4 aromatic rings. The predicted octanol–water partition coefficient (Wildman–Crippen LogP) is 4.54. The van der Waals surface area contributed by atoms with Gasteiger partial charge in [0.05, 0.1) is 17.9 Å². The van der Waals surface area contributed by atoms with Crippen molar-refractivity contribution in [2.75, 3.05) is 13.6 Å². The second kappa shape index (κ2) is 10.2. The molecule has 0 radical (unpaired) electrons. The molecule has 0 atom stereocenters. The van der Waals surface area contributed by atoms with Gasteiger partial charge in [-0.05, 0) is 38.1 Å². The Balaban J connectivity index is 1.49. The Hall–Kier alpha value is -4.19. The summed E-state index contributed by atoms with van der Waals surface area (Å²) in [5.41, 5.74) is 6.25. The lowest BCUT2D eigenvalue weighted by Crippen LogP contribution is -2.37. The lowest BCUT2D eigenvalue weighted by Gasteiger charge is -2.17. The minimum Gasteiger partial charge on any atom is -0.343 e. The number of amides is 2. The van der Waals surface area contributed by atoms with Crippen LogP contribution in [-0.4, -0.2) is 40.1 Å². The van der Waals surface area contributed by atoms with Gasteiger partial charge in [0.25, 0.3) is 5.91 Å². The van der Waals surface area contributed by atoms with E-state index in [0.29, 0.717) is 12.1 Å². The summed E-state index contributed by atoms with van der Waals surface area (Å²) in [4.78, 5) is 27.0. The molecular weight excluding hydrogens is 424 g/mol. The van der Waals surface area contributed by atoms with Crippen LogP contribution in [0.1, 0.15) is 27.0 Å². The molecule has 1 N–H and O–H groups in total. The number of nitrogens with one attached hydrogen (secondary N) is 1. The Morgan fingerprint density at radius 1 is 0.912 bits per heavy atom. The topological polar surface area (TPSA) is 67.2 Å². The Morgan fingerprint density at radius 2 is 1.53 bits per heavy atom. The number of aromatic nitrogens is 2. The molecular formula is C28H28N4O2. The van der Waals surface area contributed by atoms with Crippen molar-refractivity contribution in [1.29, 1.82) is 0 Å². The highest BCUT2D eigenvalue weighted by Gasteiger charge is 2.18. The number of aryl methyl sites for hydroxylation is 2. The van der Waals surface area contributed by atoms with Crippen LogP contribution in [0.5, 0.6) is 0 Å². The van der Waals surface area contributed by atoms with Gasteiger partial charge in [0.15, 0.2) is 0 Å². The monoisotopic (exact) mass is 452 g/mol. The summed E-state index contributed by atoms with van der Waals surface area (Å²) in [5, 5.41) is 7.55. The zero-order valence-electron chi connectivity index (χ0n) is 19.7. The van der Waals surface area contributed by atoms with E-state index in [-0.39, 0.29) is 18.4 Å². The molecule has 2 amide bonds. The highest BCUT2D eigenvalue weighted by atomic mass is 16.2. The van der Waals surface area contributed by atoms with Gasteiger partial charge in [0.1, 0.15) is 0 Å². The molecule has 0 saturated heterocycles. The molecule has 6 nitrogen and oxygen atoms in total. The fraction of sp³-hybridized carbons (Fsp3) is 0.179. The molecule has 1 heterocycles. The first-order valence-electron chi connectivity index (χ1n) is 11.2. The summed E-state index contributed by atoms with van der Waals surface area (Å²) in [6.45, 7) is 4.19. The molecule has 0 fully saturated rings. The van der Waals surface area contributed by atoms with E-state index >= 15 is 0 Å². The molecule has 0 aliphatic carbocycles. The second-order valence-electron chi connectivity index (χ2n) is 8.46. The summed E-state index contributed by atoms with van der Waals surface area (Å²) in [5.74, 6) is -0.431. The average Bonchev–Trinajstić information content (AvgIpc) is 3.26. The number of hydrogen-bond donors (Lipinski definition) is 1. The summed E-state index contributed by atoms with van der Waals surface area (Å²) in [7, 11) is 1.74. The van der Waals surface area contributed by atoms with Gasteiger partial charge in [0.2, 0.25) is 5.91 Å². The van der Waals surface area contributed by atoms with Gasteiger partial charge < -0.3 is 10.2 Å². The number of carbonyl (C=O) groups is 2. The zero-order chi connectivity index (χ0) is 24.1. The van der Waals surface area contributed by atoms with E-state index in [2.05, 4.69) is 5.32 Å². The number of rotatable bonds is 7. The molecule has 1 aromatic heterocycles. The molecule has 0 unspecified atom stereocenters. The highest BCUT2D eigenvalue weighted by molar-refractivity contribution is 5.96. The molecule has 3 aromatic carbocycles. The molecule has 0 bridgehead atoms. The van der Waals surface area contributed by atoms with Crippen molar-refractivity contribution in [2.24, 2.45) is 0 Å². The number of para-hydroxylation sites is 1. The highest BCUT2D eigenvalue weighted by Crippen LogP contribution is 2.24. The van der Waals surface area contributed by atoms with E-state index in [1.807, 2.05) is 104 Å². The van der Waals surface area contributed by atoms with Gasteiger partial charge in [-0.15, -0.1) is 0 Å². The molecule has 34 heavy (non-hydrogen) atoms. The maximum atomic E-state index is 12.8. The summed E-state index contributed by atoms with van der Waals surface area (Å²) in [6.07, 6.45) is 1.95. The first-order chi connectivity index (χ1) is 16.4. The number of benzene rings is 3. The van der Waals surface area contributed by atoms with E-state index in [0.717, 1.165) is 33.6 Å². The third-order valence-electron chi connectivity index (χ3n) is 5.58. The molecule has 0 aliphatic rings. The lowest BCUT2D eigenvalue weighted by atomic mass is 10.1. The maximum Gasteiger partial charge on any atom is 0.251 e. The van der Waals surface area contributed by atoms with E-state index < -0.39 is 0 Å². The first kappa shape index (κ1) is 23.0. The smallest absolute Gasteiger partial charge is 0.251 e. The van der Waals surface area contributed by atoms with Gasteiger partial charge >= 0.3 is 0 Å². The summed E-state index contributed by atoms with van der Waals surface area (Å²) < 4.78 is 1.83. The van der Waals surface area contributed by atoms with Gasteiger partial charge in [-0.1, -0.05) is 65.7 Å². The minimum atomic E-state index is -0.254. The number of carbonyl (C=O) groups excluding carboxylic acids is 2. The molecule has 6 heteroatoms. The van der Waals surface area contributed by atoms with Crippen LogP contribution in [0.4, 0.5) is 0 Å². The number of hydrogen-bond acceptors (Lipinski definition) is 3. The SMILES string of the molecule is Cc1cc(C)cc(C(=O)NCC(=O)N(C)Cc2cn(-c3ccccc3)nc2-c2ccccc2)c1. The average molecular weight is 453 g/mol. The minimum absolute atomic E-state index is 0.0736. The van der Waals surface area contributed by atoms with Crippen LogP contribution in [0, 0.1) is 13.8 Å². The van der Waals surface area contributed by atoms with Crippen LogP contribution in [0.15, 0.2) is 85.1 Å². The van der Waals surface area contributed by atoms with Crippen LogP contribution < -0.4 is 5.32 Å². The van der Waals surface area contributed by atoms with E-state index in [1.165, 1.54) is 0 Å². The first-order valence-corrected chi connectivity index (χ1v) is 11.2. The normalized spacial score (nSPS) is 10.7. The Morgan fingerprint density at radius 3 is 2.18 bits per heavy atom. The molecule has 0 spiro atoms. The molecule has 4 rings (SSSR count). The van der Waals surface area contributed by atoms with Gasteiger partial charge in [-0.25, -0.2) is 4.68 Å². The van der Waals surface area contributed by atoms with E-state index in [1.54, 1.807) is 11.9 Å². The standard InChI is InChI=1S/C28H28N4O2/c1-20-14-21(2)16-23(15-20)28(34)29-17-26(33)31(3)18-24-19-32(25-12-8-5-9-13-25)30-27(24)22-10-6-4-7-11-22/h4-16,19H,17-18H2,1-3H3,(H,29,34). The van der Waals surface area contributed by atoms with Crippen molar-refractivity contribution in [2.45, 2.75) is 20.4 Å². The fourth-order valence-corrected chi connectivity index (χ4v) is 3.92. The molecule has 0 saturated carbocycles. The summed E-state index contributed by atoms with van der Waals surface area (Å²) >= 11 is 0. The van der Waals surface area contributed by atoms with Crippen LogP contribution in [0.3, 0.4) is 0 Å². The van der Waals surface area contributed by atoms with Gasteiger partial charge in [-0.3, -0.25) is 9.59 Å². The zero-order valence-corrected chi connectivity index (χ0v) is 19.7.